The van der Waals surface area contributed by atoms with E-state index in [4.69, 9.17) is 9.47 Å². The first-order chi connectivity index (χ1) is 16.7. The van der Waals surface area contributed by atoms with Gasteiger partial charge in [-0.15, -0.1) is 0 Å². The minimum absolute atomic E-state index is 0.0907. The van der Waals surface area contributed by atoms with Crippen molar-refractivity contribution < 1.29 is 14.6 Å². The lowest BCUT2D eigenvalue weighted by molar-refractivity contribution is -0.141. The van der Waals surface area contributed by atoms with Gasteiger partial charge in [-0.05, 0) is 78.5 Å². The van der Waals surface area contributed by atoms with Gasteiger partial charge in [-0.25, -0.2) is 0 Å². The van der Waals surface area contributed by atoms with Crippen LogP contribution in [0.15, 0.2) is 42.5 Å². The van der Waals surface area contributed by atoms with Crippen LogP contribution in [0.5, 0.6) is 5.75 Å². The highest BCUT2D eigenvalue weighted by Crippen LogP contribution is 2.48. The molecule has 0 radical (unpaired) electrons. The van der Waals surface area contributed by atoms with Crippen molar-refractivity contribution in [2.45, 2.75) is 70.0 Å². The Kier molecular flexibility index (Phi) is 7.46. The summed E-state index contributed by atoms with van der Waals surface area (Å²) in [5.74, 6) is 2.85. The third-order valence-corrected chi connectivity index (χ3v) is 8.90. The number of hydrogen-bond acceptors (Lipinski definition) is 4. The second kappa shape index (κ2) is 10.7. The van der Waals surface area contributed by atoms with Crippen molar-refractivity contribution in [3.8, 4) is 5.75 Å². The van der Waals surface area contributed by atoms with Gasteiger partial charge >= 0.3 is 0 Å². The molecule has 5 rings (SSSR count). The van der Waals surface area contributed by atoms with Crippen molar-refractivity contribution in [3.63, 3.8) is 0 Å². The fourth-order valence-electron chi connectivity index (χ4n) is 7.13. The van der Waals surface area contributed by atoms with Crippen LogP contribution in [-0.2, 0) is 15.9 Å². The van der Waals surface area contributed by atoms with Crippen LogP contribution in [0.2, 0.25) is 0 Å². The maximum atomic E-state index is 10.1. The van der Waals surface area contributed by atoms with Crippen LogP contribution in [0.4, 0.5) is 5.69 Å². The minimum atomic E-state index is -0.0907. The first-order valence-electron chi connectivity index (χ1n) is 13.4. The van der Waals surface area contributed by atoms with Crippen LogP contribution >= 0.6 is 0 Å². The SMILES string of the molecule is COC(OC)C1CCN(c2ccc([C@H]3c4ccc(O)cc4CC[C@H]3C3CCCCC3)cc2)CC1. The summed E-state index contributed by atoms with van der Waals surface area (Å²) in [6, 6.07) is 15.5. The molecule has 2 fully saturated rings. The number of phenolic OH excluding ortho intramolecular Hbond substituents is 1. The van der Waals surface area contributed by atoms with Gasteiger partial charge in [-0.2, -0.15) is 0 Å². The van der Waals surface area contributed by atoms with E-state index in [0.29, 0.717) is 23.5 Å². The second-order valence-corrected chi connectivity index (χ2v) is 10.7. The Morgan fingerprint density at radius 2 is 1.56 bits per heavy atom. The standard InChI is InChI=1S/C30H41NO3/c1-33-30(34-2)23-16-18-31(19-17-23)25-11-8-22(9-12-25)29-27(21-6-4-3-5-7-21)14-10-24-20-26(32)13-15-28(24)29/h8-9,11-13,15,20-21,23,27,29-30,32H,3-7,10,14,16-19H2,1-2H3/t27-,29+/m0/s1. The molecule has 4 nitrogen and oxygen atoms in total. The second-order valence-electron chi connectivity index (χ2n) is 10.7. The zero-order chi connectivity index (χ0) is 23.5. The molecule has 34 heavy (non-hydrogen) atoms. The number of rotatable bonds is 6. The zero-order valence-electron chi connectivity index (χ0n) is 20.9. The summed E-state index contributed by atoms with van der Waals surface area (Å²) in [7, 11) is 3.48. The molecule has 184 valence electrons. The van der Waals surface area contributed by atoms with Gasteiger partial charge in [0.1, 0.15) is 5.75 Å². The monoisotopic (exact) mass is 463 g/mol. The van der Waals surface area contributed by atoms with Gasteiger partial charge in [-0.3, -0.25) is 0 Å². The van der Waals surface area contributed by atoms with E-state index in [2.05, 4.69) is 35.2 Å². The van der Waals surface area contributed by atoms with E-state index in [-0.39, 0.29) is 6.29 Å². The molecule has 2 aromatic carbocycles. The summed E-state index contributed by atoms with van der Waals surface area (Å²) in [5, 5.41) is 10.1. The number of hydrogen-bond donors (Lipinski definition) is 1. The molecule has 0 unspecified atom stereocenters. The van der Waals surface area contributed by atoms with Gasteiger partial charge < -0.3 is 19.5 Å². The fourth-order valence-corrected chi connectivity index (χ4v) is 7.13. The Balaban J connectivity index is 1.36. The number of fused-ring (bicyclic) bond motifs is 1. The van der Waals surface area contributed by atoms with Crippen molar-refractivity contribution in [1.82, 2.24) is 0 Å². The lowest BCUT2D eigenvalue weighted by Crippen LogP contribution is -2.39. The summed E-state index contributed by atoms with van der Waals surface area (Å²) < 4.78 is 11.0. The first-order valence-corrected chi connectivity index (χ1v) is 13.4. The third-order valence-electron chi connectivity index (χ3n) is 8.90. The van der Waals surface area contributed by atoms with E-state index >= 15 is 0 Å². The van der Waals surface area contributed by atoms with Crippen molar-refractivity contribution in [1.29, 1.82) is 0 Å². The number of aromatic hydroxyl groups is 1. The molecule has 2 aliphatic carbocycles. The number of ether oxygens (including phenoxy) is 2. The number of phenols is 1. The Bertz CT molecular complexity index is 925. The largest absolute Gasteiger partial charge is 0.508 e. The van der Waals surface area contributed by atoms with Crippen LogP contribution in [0.3, 0.4) is 0 Å². The molecule has 0 aromatic heterocycles. The van der Waals surface area contributed by atoms with Crippen molar-refractivity contribution in [3.05, 3.63) is 59.2 Å². The molecule has 3 aliphatic rings. The summed E-state index contributed by atoms with van der Waals surface area (Å²) in [4.78, 5) is 2.51. The lowest BCUT2D eigenvalue weighted by Gasteiger charge is -2.41. The molecular formula is C30H41NO3. The quantitative estimate of drug-likeness (QED) is 0.496. The van der Waals surface area contributed by atoms with Crippen LogP contribution in [0.1, 0.15) is 74.0 Å². The van der Waals surface area contributed by atoms with E-state index in [0.717, 1.165) is 38.3 Å². The number of piperidine rings is 1. The topological polar surface area (TPSA) is 41.9 Å². The molecule has 1 aliphatic heterocycles. The maximum Gasteiger partial charge on any atom is 0.159 e. The molecule has 1 N–H and O–H groups in total. The Labute approximate surface area is 205 Å². The number of anilines is 1. The number of aryl methyl sites for hydroxylation is 1. The van der Waals surface area contributed by atoms with Gasteiger partial charge in [0.25, 0.3) is 0 Å². The highest BCUT2D eigenvalue weighted by atomic mass is 16.7. The molecule has 0 spiro atoms. The van der Waals surface area contributed by atoms with Gasteiger partial charge in [-0.1, -0.05) is 50.3 Å². The molecular weight excluding hydrogens is 422 g/mol. The number of methoxy groups -OCH3 is 2. The molecule has 4 heteroatoms. The van der Waals surface area contributed by atoms with Crippen LogP contribution in [-0.4, -0.2) is 38.7 Å². The molecule has 1 saturated heterocycles. The Hall–Kier alpha value is -2.04. The zero-order valence-corrected chi connectivity index (χ0v) is 20.9. The summed E-state index contributed by atoms with van der Waals surface area (Å²) in [6.07, 6.45) is 11.4. The van der Waals surface area contributed by atoms with Crippen LogP contribution in [0, 0.1) is 17.8 Å². The highest BCUT2D eigenvalue weighted by molar-refractivity contribution is 5.51. The fraction of sp³-hybridized carbons (Fsp3) is 0.600. The van der Waals surface area contributed by atoms with E-state index in [1.807, 2.05) is 12.1 Å². The molecule has 2 atom stereocenters. The first kappa shape index (κ1) is 23.7. The molecule has 1 heterocycles. The van der Waals surface area contributed by atoms with E-state index in [1.165, 1.54) is 60.9 Å². The van der Waals surface area contributed by atoms with Gasteiger partial charge in [0.05, 0.1) is 0 Å². The molecule has 0 amide bonds. The lowest BCUT2D eigenvalue weighted by atomic mass is 9.64. The highest BCUT2D eigenvalue weighted by Gasteiger charge is 2.36. The van der Waals surface area contributed by atoms with Gasteiger partial charge in [0, 0.05) is 44.8 Å². The summed E-state index contributed by atoms with van der Waals surface area (Å²) >= 11 is 0. The Morgan fingerprint density at radius 3 is 2.24 bits per heavy atom. The van der Waals surface area contributed by atoms with Crippen LogP contribution in [0.25, 0.3) is 0 Å². The van der Waals surface area contributed by atoms with E-state index in [9.17, 15) is 5.11 Å². The molecule has 0 bridgehead atoms. The minimum Gasteiger partial charge on any atom is -0.508 e. The van der Waals surface area contributed by atoms with Crippen LogP contribution < -0.4 is 4.90 Å². The maximum absolute atomic E-state index is 10.1. The third kappa shape index (κ3) is 4.85. The smallest absolute Gasteiger partial charge is 0.159 e. The van der Waals surface area contributed by atoms with E-state index < -0.39 is 0 Å². The van der Waals surface area contributed by atoms with Crippen molar-refractivity contribution >= 4 is 5.69 Å². The van der Waals surface area contributed by atoms with Gasteiger partial charge in [0.15, 0.2) is 6.29 Å². The Morgan fingerprint density at radius 1 is 0.853 bits per heavy atom. The van der Waals surface area contributed by atoms with Crippen molar-refractivity contribution in [2.75, 3.05) is 32.2 Å². The summed E-state index contributed by atoms with van der Waals surface area (Å²) in [5.41, 5.74) is 5.55. The number of nitrogens with zero attached hydrogens (tertiary/aromatic N) is 1. The normalized spacial score (nSPS) is 24.4. The number of benzene rings is 2. The van der Waals surface area contributed by atoms with E-state index in [1.54, 1.807) is 14.2 Å². The average Bonchev–Trinajstić information content (AvgIpc) is 2.90. The predicted molar refractivity (Wildman–Crippen MR) is 138 cm³/mol. The molecule has 1 saturated carbocycles. The van der Waals surface area contributed by atoms with Crippen molar-refractivity contribution in [2.24, 2.45) is 17.8 Å². The van der Waals surface area contributed by atoms with Gasteiger partial charge in [0.2, 0.25) is 0 Å². The summed E-state index contributed by atoms with van der Waals surface area (Å²) in [6.45, 7) is 2.09. The predicted octanol–water partition coefficient (Wildman–Crippen LogP) is 6.50. The average molecular weight is 464 g/mol. The molecule has 2 aromatic rings.